The molecule has 1 aromatic carbocycles. The van der Waals surface area contributed by atoms with Crippen LogP contribution in [0.15, 0.2) is 29.2 Å². The van der Waals surface area contributed by atoms with Gasteiger partial charge >= 0.3 is 0 Å². The molecule has 0 spiro atoms. The van der Waals surface area contributed by atoms with Gasteiger partial charge in [0.2, 0.25) is 15.9 Å². The largest absolute Gasteiger partial charge is 0.289 e. The molecular weight excluding hydrogens is 352 g/mol. The minimum atomic E-state index is -3.45. The van der Waals surface area contributed by atoms with E-state index >= 15 is 0 Å². The molecule has 1 aliphatic heterocycles. The molecule has 0 atom stereocenters. The summed E-state index contributed by atoms with van der Waals surface area (Å²) >= 11 is 0. The molecule has 146 valence electrons. The molecule has 0 bridgehead atoms. The monoisotopic (exact) mass is 382 g/mol. The lowest BCUT2D eigenvalue weighted by molar-refractivity contribution is -0.129. The number of piperidine rings is 1. The topological polar surface area (TPSA) is 86.7 Å². The highest BCUT2D eigenvalue weighted by atomic mass is 32.2. The maximum absolute atomic E-state index is 12.8. The fraction of sp³-hybridized carbons (Fsp3) is 0.632. The number of nitrogens with zero attached hydrogens (tertiary/aromatic N) is 1. The van der Waals surface area contributed by atoms with Gasteiger partial charge in [-0.15, -0.1) is 0 Å². The van der Waals surface area contributed by atoms with Crippen molar-refractivity contribution < 1.29 is 18.4 Å². The minimum absolute atomic E-state index is 0.00638. The normalized spacial score (nSPS) is 17.2. The number of hydroxylamine groups is 1. The van der Waals surface area contributed by atoms with Gasteiger partial charge in [0.15, 0.2) is 0 Å². The van der Waals surface area contributed by atoms with E-state index in [2.05, 4.69) is 20.8 Å². The van der Waals surface area contributed by atoms with Gasteiger partial charge in [-0.1, -0.05) is 32.9 Å². The van der Waals surface area contributed by atoms with Crippen LogP contribution < -0.4 is 5.48 Å². The number of hydrogen-bond acceptors (Lipinski definition) is 4. The zero-order chi connectivity index (χ0) is 19.4. The molecule has 0 aliphatic carbocycles. The first-order valence-electron chi connectivity index (χ1n) is 9.18. The summed E-state index contributed by atoms with van der Waals surface area (Å²) in [5.74, 6) is 0.0555. The number of carbonyl (C=O) groups excluding carboxylic acids is 1. The van der Waals surface area contributed by atoms with Crippen molar-refractivity contribution in [3.63, 3.8) is 0 Å². The maximum Gasteiger partial charge on any atom is 0.243 e. The maximum atomic E-state index is 12.8. The van der Waals surface area contributed by atoms with Crippen molar-refractivity contribution >= 4 is 15.9 Å². The molecule has 2 N–H and O–H groups in total. The molecule has 1 heterocycles. The summed E-state index contributed by atoms with van der Waals surface area (Å²) in [7, 11) is -3.45. The second-order valence-electron chi connectivity index (χ2n) is 8.05. The molecule has 6 nitrogen and oxygen atoms in total. The van der Waals surface area contributed by atoms with Crippen molar-refractivity contribution in [1.82, 2.24) is 9.79 Å². The van der Waals surface area contributed by atoms with Crippen molar-refractivity contribution in [3.8, 4) is 0 Å². The fourth-order valence-corrected chi connectivity index (χ4v) is 4.79. The molecule has 1 fully saturated rings. The standard InChI is InChI=1S/C19H30N2O4S/c1-19(2,3)16-7-9-17(10-8-16)26(24,25)21-13-11-15(12-14-21)5-4-6-18(22)20-23/h7-10,15,23H,4-6,11-14H2,1-3H3,(H,20,22). The quantitative estimate of drug-likeness (QED) is 0.585. The average Bonchev–Trinajstić information content (AvgIpc) is 2.61. The van der Waals surface area contributed by atoms with Gasteiger partial charge in [-0.05, 0) is 54.7 Å². The predicted octanol–water partition coefficient (Wildman–Crippen LogP) is 3.06. The molecule has 7 heteroatoms. The molecule has 26 heavy (non-hydrogen) atoms. The third kappa shape index (κ3) is 5.28. The van der Waals surface area contributed by atoms with Crippen LogP contribution in [0.4, 0.5) is 0 Å². The van der Waals surface area contributed by atoms with Crippen molar-refractivity contribution in [2.45, 2.75) is 63.2 Å². The Morgan fingerprint density at radius 1 is 1.19 bits per heavy atom. The molecule has 0 unspecified atom stereocenters. The lowest BCUT2D eigenvalue weighted by Gasteiger charge is -2.31. The molecular formula is C19H30N2O4S. The Labute approximate surface area is 156 Å². The van der Waals surface area contributed by atoms with Crippen molar-refractivity contribution in [2.75, 3.05) is 13.1 Å². The Morgan fingerprint density at radius 2 is 1.77 bits per heavy atom. The fourth-order valence-electron chi connectivity index (χ4n) is 3.32. The SMILES string of the molecule is CC(C)(C)c1ccc(S(=O)(=O)N2CCC(CCCC(=O)NO)CC2)cc1. The van der Waals surface area contributed by atoms with Gasteiger partial charge in [-0.2, -0.15) is 4.31 Å². The van der Waals surface area contributed by atoms with E-state index in [4.69, 9.17) is 5.21 Å². The number of amides is 1. The minimum Gasteiger partial charge on any atom is -0.289 e. The number of benzene rings is 1. The lowest BCUT2D eigenvalue weighted by atomic mass is 9.87. The molecule has 0 saturated carbocycles. The van der Waals surface area contributed by atoms with Gasteiger partial charge in [-0.3, -0.25) is 10.0 Å². The number of sulfonamides is 1. The van der Waals surface area contributed by atoms with Gasteiger partial charge in [0, 0.05) is 19.5 Å². The van der Waals surface area contributed by atoms with Crippen LogP contribution in [0.5, 0.6) is 0 Å². The van der Waals surface area contributed by atoms with Crippen LogP contribution in [0.2, 0.25) is 0 Å². The lowest BCUT2D eigenvalue weighted by Crippen LogP contribution is -2.38. The Hall–Kier alpha value is -1.44. The summed E-state index contributed by atoms with van der Waals surface area (Å²) in [6, 6.07) is 7.20. The highest BCUT2D eigenvalue weighted by Gasteiger charge is 2.29. The molecule has 0 aromatic heterocycles. The molecule has 1 amide bonds. The number of hydrogen-bond donors (Lipinski definition) is 2. The zero-order valence-corrected chi connectivity index (χ0v) is 16.7. The van der Waals surface area contributed by atoms with Crippen LogP contribution in [0.25, 0.3) is 0 Å². The second-order valence-corrected chi connectivity index (χ2v) is 9.99. The first-order valence-corrected chi connectivity index (χ1v) is 10.6. The predicted molar refractivity (Wildman–Crippen MR) is 100 cm³/mol. The van der Waals surface area contributed by atoms with Crippen LogP contribution in [0.1, 0.15) is 58.4 Å². The number of nitrogens with one attached hydrogen (secondary N) is 1. The Balaban J connectivity index is 1.92. The Bertz CT molecular complexity index is 700. The number of carbonyl (C=O) groups is 1. The van der Waals surface area contributed by atoms with Gasteiger partial charge in [0.1, 0.15) is 0 Å². The van der Waals surface area contributed by atoms with E-state index in [0.717, 1.165) is 24.8 Å². The van der Waals surface area contributed by atoms with Crippen molar-refractivity contribution in [3.05, 3.63) is 29.8 Å². The van der Waals surface area contributed by atoms with E-state index in [1.807, 2.05) is 12.1 Å². The summed E-state index contributed by atoms with van der Waals surface area (Å²) < 4.78 is 27.3. The van der Waals surface area contributed by atoms with E-state index in [0.29, 0.717) is 36.7 Å². The van der Waals surface area contributed by atoms with Gasteiger partial charge in [0.25, 0.3) is 0 Å². The summed E-state index contributed by atoms with van der Waals surface area (Å²) in [5.41, 5.74) is 2.74. The summed E-state index contributed by atoms with van der Waals surface area (Å²) in [5, 5.41) is 8.49. The highest BCUT2D eigenvalue weighted by Crippen LogP contribution is 2.28. The van der Waals surface area contributed by atoms with Crippen LogP contribution in [-0.4, -0.2) is 36.9 Å². The van der Waals surface area contributed by atoms with Crippen LogP contribution in [0.3, 0.4) is 0 Å². The second kappa shape index (κ2) is 8.50. The smallest absolute Gasteiger partial charge is 0.243 e. The highest BCUT2D eigenvalue weighted by molar-refractivity contribution is 7.89. The van der Waals surface area contributed by atoms with Crippen LogP contribution in [0, 0.1) is 5.92 Å². The van der Waals surface area contributed by atoms with E-state index in [1.165, 1.54) is 0 Å². The van der Waals surface area contributed by atoms with E-state index in [9.17, 15) is 13.2 Å². The van der Waals surface area contributed by atoms with Gasteiger partial charge in [0.05, 0.1) is 4.90 Å². The van der Waals surface area contributed by atoms with Crippen molar-refractivity contribution in [1.29, 1.82) is 0 Å². The van der Waals surface area contributed by atoms with Crippen molar-refractivity contribution in [2.24, 2.45) is 5.92 Å². The summed E-state index contributed by atoms with van der Waals surface area (Å²) in [6.07, 6.45) is 3.49. The number of rotatable bonds is 6. The van der Waals surface area contributed by atoms with Gasteiger partial charge in [-0.25, -0.2) is 13.9 Å². The van der Waals surface area contributed by atoms with E-state index in [-0.39, 0.29) is 11.3 Å². The Kier molecular flexibility index (Phi) is 6.82. The first-order chi connectivity index (χ1) is 12.1. The summed E-state index contributed by atoms with van der Waals surface area (Å²) in [6.45, 7) is 7.34. The zero-order valence-electron chi connectivity index (χ0n) is 15.9. The van der Waals surface area contributed by atoms with E-state index < -0.39 is 10.0 Å². The van der Waals surface area contributed by atoms with Gasteiger partial charge < -0.3 is 0 Å². The van der Waals surface area contributed by atoms with Crippen LogP contribution in [-0.2, 0) is 20.2 Å². The molecule has 1 saturated heterocycles. The molecule has 1 aromatic rings. The first kappa shape index (κ1) is 20.9. The summed E-state index contributed by atoms with van der Waals surface area (Å²) in [4.78, 5) is 11.4. The van der Waals surface area contributed by atoms with E-state index in [1.54, 1.807) is 21.9 Å². The average molecular weight is 383 g/mol. The molecule has 1 aliphatic rings. The third-order valence-electron chi connectivity index (χ3n) is 5.07. The Morgan fingerprint density at radius 3 is 2.27 bits per heavy atom. The molecule has 0 radical (unpaired) electrons. The third-order valence-corrected chi connectivity index (χ3v) is 6.99. The van der Waals surface area contributed by atoms with Crippen LogP contribution >= 0.6 is 0 Å². The molecule has 2 rings (SSSR count).